The predicted octanol–water partition coefficient (Wildman–Crippen LogP) is 2.51. The van der Waals surface area contributed by atoms with Gasteiger partial charge in [-0.25, -0.2) is 9.97 Å². The number of aromatic nitrogens is 3. The van der Waals surface area contributed by atoms with Gasteiger partial charge in [-0.3, -0.25) is 9.78 Å². The van der Waals surface area contributed by atoms with Crippen molar-refractivity contribution in [3.05, 3.63) is 35.8 Å². The molecule has 2 saturated heterocycles. The summed E-state index contributed by atoms with van der Waals surface area (Å²) >= 11 is 0. The molecule has 0 aromatic carbocycles. The molecule has 4 heterocycles. The number of hydrogen-bond donors (Lipinski definition) is 0. The topological polar surface area (TPSA) is 65.5 Å². The summed E-state index contributed by atoms with van der Waals surface area (Å²) in [5, 5.41) is 0. The number of fused-ring (bicyclic) bond motifs is 2. The fraction of sp³-hybridized carbons (Fsp3) is 0.583. The number of likely N-dealkylation sites (tertiary alicyclic amines) is 1. The summed E-state index contributed by atoms with van der Waals surface area (Å²) in [7, 11) is 2.20. The third kappa shape index (κ3) is 3.80. The van der Waals surface area contributed by atoms with Gasteiger partial charge in [0.25, 0.3) is 0 Å². The number of rotatable bonds is 2. The average Bonchev–Trinajstić information content (AvgIpc) is 2.98. The fourth-order valence-electron chi connectivity index (χ4n) is 5.57. The molecule has 0 N–H and O–H groups in total. The second-order valence-corrected chi connectivity index (χ2v) is 9.41. The molecule has 7 heteroatoms. The number of pyridine rings is 1. The van der Waals surface area contributed by atoms with E-state index in [1.807, 2.05) is 23.2 Å². The smallest absolute Gasteiger partial charge is 0.219 e. The Hall–Kier alpha value is -2.54. The summed E-state index contributed by atoms with van der Waals surface area (Å²) < 4.78 is 0. The van der Waals surface area contributed by atoms with Crippen LogP contribution in [0.1, 0.15) is 43.9 Å². The summed E-state index contributed by atoms with van der Waals surface area (Å²) in [6.07, 6.45) is 8.96. The highest BCUT2D eigenvalue weighted by Crippen LogP contribution is 2.47. The lowest BCUT2D eigenvalue weighted by Crippen LogP contribution is -2.47. The second kappa shape index (κ2) is 8.19. The Balaban J connectivity index is 1.61. The molecule has 0 bridgehead atoms. The summed E-state index contributed by atoms with van der Waals surface area (Å²) in [6.45, 7) is 7.50. The van der Waals surface area contributed by atoms with Gasteiger partial charge in [0.05, 0.1) is 5.69 Å². The average molecular weight is 421 g/mol. The van der Waals surface area contributed by atoms with Gasteiger partial charge in [0.1, 0.15) is 5.82 Å². The molecule has 1 unspecified atom stereocenters. The van der Waals surface area contributed by atoms with Gasteiger partial charge in [0.2, 0.25) is 5.91 Å². The van der Waals surface area contributed by atoms with Crippen molar-refractivity contribution in [2.75, 3.05) is 51.2 Å². The Labute approximate surface area is 184 Å². The lowest BCUT2D eigenvalue weighted by molar-refractivity contribution is -0.131. The molecule has 31 heavy (non-hydrogen) atoms. The molecule has 1 aliphatic carbocycles. The number of piperidine rings is 1. The summed E-state index contributed by atoms with van der Waals surface area (Å²) in [6, 6.07) is 3.99. The lowest BCUT2D eigenvalue weighted by Gasteiger charge is -2.40. The molecule has 164 valence electrons. The van der Waals surface area contributed by atoms with Crippen LogP contribution in [0, 0.1) is 0 Å². The largest absolute Gasteiger partial charge is 0.355 e. The first-order valence-corrected chi connectivity index (χ1v) is 11.6. The third-order valence-corrected chi connectivity index (χ3v) is 7.30. The fourth-order valence-corrected chi connectivity index (χ4v) is 5.57. The Morgan fingerprint density at radius 1 is 1.06 bits per heavy atom. The second-order valence-electron chi connectivity index (χ2n) is 9.41. The van der Waals surface area contributed by atoms with Crippen LogP contribution in [-0.4, -0.2) is 77.0 Å². The normalized spacial score (nSPS) is 24.3. The van der Waals surface area contributed by atoms with Crippen molar-refractivity contribution in [3.63, 3.8) is 0 Å². The molecule has 1 spiro atoms. The first kappa shape index (κ1) is 20.4. The van der Waals surface area contributed by atoms with Crippen LogP contribution >= 0.6 is 0 Å². The van der Waals surface area contributed by atoms with Gasteiger partial charge in [0.15, 0.2) is 5.82 Å². The zero-order valence-electron chi connectivity index (χ0n) is 18.7. The van der Waals surface area contributed by atoms with Crippen molar-refractivity contribution in [2.24, 2.45) is 0 Å². The van der Waals surface area contributed by atoms with E-state index in [4.69, 9.17) is 9.97 Å². The highest BCUT2D eigenvalue weighted by atomic mass is 16.2. The van der Waals surface area contributed by atoms with Crippen LogP contribution in [0.3, 0.4) is 0 Å². The van der Waals surface area contributed by atoms with Gasteiger partial charge in [0, 0.05) is 68.6 Å². The van der Waals surface area contributed by atoms with Gasteiger partial charge in [-0.15, -0.1) is 0 Å². The molecule has 2 aromatic rings. The molecule has 2 aliphatic heterocycles. The van der Waals surface area contributed by atoms with Crippen LogP contribution in [0.4, 0.5) is 5.82 Å². The van der Waals surface area contributed by atoms with E-state index < -0.39 is 0 Å². The van der Waals surface area contributed by atoms with E-state index >= 15 is 0 Å². The Kier molecular flexibility index (Phi) is 5.38. The van der Waals surface area contributed by atoms with E-state index in [2.05, 4.69) is 21.8 Å². The van der Waals surface area contributed by atoms with Crippen molar-refractivity contribution in [3.8, 4) is 11.4 Å². The molecule has 2 aromatic heterocycles. The number of carbonyl (C=O) groups excluding carboxylic acids is 1. The quantitative estimate of drug-likeness (QED) is 0.744. The zero-order chi connectivity index (χ0) is 21.4. The van der Waals surface area contributed by atoms with E-state index in [0.717, 1.165) is 88.6 Å². The van der Waals surface area contributed by atoms with Gasteiger partial charge in [-0.2, -0.15) is 0 Å². The number of anilines is 1. The van der Waals surface area contributed by atoms with Crippen LogP contribution < -0.4 is 4.90 Å². The Morgan fingerprint density at radius 3 is 2.77 bits per heavy atom. The number of carbonyl (C=O) groups is 1. The minimum absolute atomic E-state index is 0.0451. The summed E-state index contributed by atoms with van der Waals surface area (Å²) in [5.41, 5.74) is 3.40. The van der Waals surface area contributed by atoms with Crippen molar-refractivity contribution in [1.82, 2.24) is 24.8 Å². The molecule has 3 aliphatic rings. The summed E-state index contributed by atoms with van der Waals surface area (Å²) in [4.78, 5) is 33.7. The standard InChI is InChI=1S/C24H32N6O/c1-18(31)30-12-4-8-24(17-30)9-7-20-21(24)26-22(19-6-3-10-25-16-19)27-23(20)29-13-5-11-28(2)14-15-29/h3,6,10,16H,4-5,7-9,11-15,17H2,1-2H3. The van der Waals surface area contributed by atoms with E-state index in [1.54, 1.807) is 13.1 Å². The maximum Gasteiger partial charge on any atom is 0.219 e. The van der Waals surface area contributed by atoms with Crippen molar-refractivity contribution in [2.45, 2.75) is 44.4 Å². The van der Waals surface area contributed by atoms with Gasteiger partial charge in [-0.05, 0) is 57.8 Å². The SMILES string of the molecule is CC(=O)N1CCCC2(CCc3c(N4CCCN(C)CC4)nc(-c4cccnc4)nc32)C1. The molecule has 1 atom stereocenters. The molecular weight excluding hydrogens is 388 g/mol. The first-order chi connectivity index (χ1) is 15.1. The molecule has 5 rings (SSSR count). The molecule has 2 fully saturated rings. The zero-order valence-corrected chi connectivity index (χ0v) is 18.7. The molecule has 0 saturated carbocycles. The molecule has 7 nitrogen and oxygen atoms in total. The predicted molar refractivity (Wildman–Crippen MR) is 121 cm³/mol. The van der Waals surface area contributed by atoms with E-state index in [1.165, 1.54) is 11.3 Å². The highest BCUT2D eigenvalue weighted by molar-refractivity contribution is 5.73. The third-order valence-electron chi connectivity index (χ3n) is 7.30. The maximum absolute atomic E-state index is 12.2. The lowest BCUT2D eigenvalue weighted by atomic mass is 9.77. The van der Waals surface area contributed by atoms with E-state index in [9.17, 15) is 4.79 Å². The maximum atomic E-state index is 12.2. The van der Waals surface area contributed by atoms with E-state index in [0.29, 0.717) is 0 Å². The van der Waals surface area contributed by atoms with Crippen molar-refractivity contribution >= 4 is 11.7 Å². The van der Waals surface area contributed by atoms with Crippen LogP contribution in [-0.2, 0) is 16.6 Å². The highest BCUT2D eigenvalue weighted by Gasteiger charge is 2.46. The number of likely N-dealkylation sites (N-methyl/N-ethyl adjacent to an activating group) is 1. The molecule has 0 radical (unpaired) electrons. The first-order valence-electron chi connectivity index (χ1n) is 11.6. The van der Waals surface area contributed by atoms with Crippen LogP contribution in [0.5, 0.6) is 0 Å². The van der Waals surface area contributed by atoms with E-state index in [-0.39, 0.29) is 11.3 Å². The minimum Gasteiger partial charge on any atom is -0.355 e. The number of amides is 1. The minimum atomic E-state index is -0.0451. The molecule has 1 amide bonds. The van der Waals surface area contributed by atoms with Crippen LogP contribution in [0.25, 0.3) is 11.4 Å². The summed E-state index contributed by atoms with van der Waals surface area (Å²) in [5.74, 6) is 2.04. The van der Waals surface area contributed by atoms with Gasteiger partial charge < -0.3 is 14.7 Å². The number of hydrogen-bond acceptors (Lipinski definition) is 6. The van der Waals surface area contributed by atoms with Gasteiger partial charge in [-0.1, -0.05) is 0 Å². The molecular formula is C24H32N6O. The van der Waals surface area contributed by atoms with Crippen molar-refractivity contribution in [1.29, 1.82) is 0 Å². The monoisotopic (exact) mass is 420 g/mol. The Morgan fingerprint density at radius 2 is 1.97 bits per heavy atom. The van der Waals surface area contributed by atoms with Crippen molar-refractivity contribution < 1.29 is 4.79 Å². The number of nitrogens with zero attached hydrogens (tertiary/aromatic N) is 6. The van der Waals surface area contributed by atoms with Gasteiger partial charge >= 0.3 is 0 Å². The van der Waals surface area contributed by atoms with Crippen LogP contribution in [0.15, 0.2) is 24.5 Å². The van der Waals surface area contributed by atoms with Crippen LogP contribution in [0.2, 0.25) is 0 Å². The Bertz CT molecular complexity index is 964.